The zero-order valence-electron chi connectivity index (χ0n) is 15.9. The van der Waals surface area contributed by atoms with Crippen LogP contribution in [0.3, 0.4) is 0 Å². The highest BCUT2D eigenvalue weighted by Gasteiger charge is 2.07. The van der Waals surface area contributed by atoms with Crippen LogP contribution in [0, 0.1) is 0 Å². The number of para-hydroxylation sites is 1. The Morgan fingerprint density at radius 3 is 2.36 bits per heavy atom. The molecule has 0 fully saturated rings. The standard InChI is InChI=1S/C23H24N4O/c1-2-27(17-19-8-4-3-5-9-19)20-14-12-18(13-15-20)16-25-26-23(28)21-10-6-7-11-22(21)24/h3-16H,2,17,24H2,1H3,(H,26,28)/b25-16-. The highest BCUT2D eigenvalue weighted by Crippen LogP contribution is 2.17. The van der Waals surface area contributed by atoms with Crippen molar-refractivity contribution in [2.75, 3.05) is 17.2 Å². The molecule has 28 heavy (non-hydrogen) atoms. The zero-order chi connectivity index (χ0) is 19.8. The SMILES string of the molecule is CCN(Cc1ccccc1)c1ccc(/C=N\NC(=O)c2ccccc2N)cc1. The number of nitrogens with two attached hydrogens (primary N) is 1. The van der Waals surface area contributed by atoms with Crippen LogP contribution in [0.2, 0.25) is 0 Å². The van der Waals surface area contributed by atoms with Crippen molar-refractivity contribution in [1.29, 1.82) is 0 Å². The number of nitrogen functional groups attached to an aromatic ring is 1. The van der Waals surface area contributed by atoms with Gasteiger partial charge in [0.25, 0.3) is 5.91 Å². The van der Waals surface area contributed by atoms with Crippen LogP contribution >= 0.6 is 0 Å². The summed E-state index contributed by atoms with van der Waals surface area (Å²) in [6.45, 7) is 3.92. The molecule has 3 rings (SSSR count). The minimum atomic E-state index is -0.328. The molecule has 3 aromatic carbocycles. The smallest absolute Gasteiger partial charge is 0.273 e. The fraction of sp³-hybridized carbons (Fsp3) is 0.130. The number of benzene rings is 3. The molecule has 0 bridgehead atoms. The van der Waals surface area contributed by atoms with Gasteiger partial charge in [-0.05, 0) is 42.3 Å². The minimum Gasteiger partial charge on any atom is -0.398 e. The van der Waals surface area contributed by atoms with Gasteiger partial charge in [-0.2, -0.15) is 5.10 Å². The lowest BCUT2D eigenvalue weighted by molar-refractivity contribution is 0.0956. The molecule has 3 aromatic rings. The summed E-state index contributed by atoms with van der Waals surface area (Å²) in [5, 5.41) is 4.03. The number of nitrogens with zero attached hydrogens (tertiary/aromatic N) is 2. The van der Waals surface area contributed by atoms with Gasteiger partial charge in [0.05, 0.1) is 11.8 Å². The number of carbonyl (C=O) groups is 1. The first-order valence-electron chi connectivity index (χ1n) is 9.24. The van der Waals surface area contributed by atoms with Crippen LogP contribution in [-0.2, 0) is 6.54 Å². The molecule has 5 nitrogen and oxygen atoms in total. The molecule has 0 radical (unpaired) electrons. The molecule has 0 spiro atoms. The number of carbonyl (C=O) groups excluding carboxylic acids is 1. The molecule has 0 heterocycles. The summed E-state index contributed by atoms with van der Waals surface area (Å²) in [6, 6.07) is 25.4. The van der Waals surface area contributed by atoms with E-state index in [0.29, 0.717) is 11.3 Å². The van der Waals surface area contributed by atoms with Crippen molar-refractivity contribution in [2.45, 2.75) is 13.5 Å². The van der Waals surface area contributed by atoms with Crippen molar-refractivity contribution in [1.82, 2.24) is 5.43 Å². The molecule has 5 heteroatoms. The number of nitrogens with one attached hydrogen (secondary N) is 1. The maximum atomic E-state index is 12.1. The maximum Gasteiger partial charge on any atom is 0.273 e. The Labute approximate surface area is 165 Å². The molecular weight excluding hydrogens is 348 g/mol. The molecule has 0 aliphatic rings. The van der Waals surface area contributed by atoms with Crippen LogP contribution in [0.5, 0.6) is 0 Å². The molecule has 0 atom stereocenters. The van der Waals surface area contributed by atoms with E-state index >= 15 is 0 Å². The molecule has 0 saturated heterocycles. The first-order valence-corrected chi connectivity index (χ1v) is 9.24. The van der Waals surface area contributed by atoms with Gasteiger partial charge in [-0.1, -0.05) is 54.6 Å². The van der Waals surface area contributed by atoms with Crippen LogP contribution in [0.15, 0.2) is 84.0 Å². The van der Waals surface area contributed by atoms with E-state index < -0.39 is 0 Å². The molecule has 142 valence electrons. The zero-order valence-corrected chi connectivity index (χ0v) is 15.9. The highest BCUT2D eigenvalue weighted by molar-refractivity contribution is 5.99. The second-order valence-corrected chi connectivity index (χ2v) is 6.38. The molecule has 0 aliphatic carbocycles. The molecule has 1 amide bonds. The Kier molecular flexibility index (Phi) is 6.41. The molecule has 3 N–H and O–H groups in total. The number of hydrogen-bond donors (Lipinski definition) is 2. The van der Waals surface area contributed by atoms with Gasteiger partial charge in [-0.25, -0.2) is 5.43 Å². The lowest BCUT2D eigenvalue weighted by atomic mass is 10.1. The number of hydrogen-bond acceptors (Lipinski definition) is 4. The normalized spacial score (nSPS) is 10.8. The van der Waals surface area contributed by atoms with Crippen LogP contribution in [0.4, 0.5) is 11.4 Å². The van der Waals surface area contributed by atoms with Gasteiger partial charge in [0.15, 0.2) is 0 Å². The van der Waals surface area contributed by atoms with Crippen molar-refractivity contribution in [3.63, 3.8) is 0 Å². The Morgan fingerprint density at radius 1 is 1.00 bits per heavy atom. The fourth-order valence-electron chi connectivity index (χ4n) is 2.89. The summed E-state index contributed by atoms with van der Waals surface area (Å²) >= 11 is 0. The van der Waals surface area contributed by atoms with Gasteiger partial charge in [0.1, 0.15) is 0 Å². The van der Waals surface area contributed by atoms with E-state index in [1.54, 1.807) is 30.5 Å². The number of rotatable bonds is 7. The second kappa shape index (κ2) is 9.37. The quantitative estimate of drug-likeness (QED) is 0.373. The van der Waals surface area contributed by atoms with E-state index in [0.717, 1.165) is 24.3 Å². The first kappa shape index (κ1) is 19.2. The van der Waals surface area contributed by atoms with E-state index in [-0.39, 0.29) is 5.91 Å². The Balaban J connectivity index is 1.61. The third-order valence-electron chi connectivity index (χ3n) is 4.44. The average Bonchev–Trinajstić information content (AvgIpc) is 2.73. The monoisotopic (exact) mass is 372 g/mol. The first-order chi connectivity index (χ1) is 13.7. The van der Waals surface area contributed by atoms with Crippen LogP contribution in [-0.4, -0.2) is 18.7 Å². The van der Waals surface area contributed by atoms with E-state index in [9.17, 15) is 4.79 Å². The predicted molar refractivity (Wildman–Crippen MR) is 116 cm³/mol. The Hall–Kier alpha value is -3.60. The second-order valence-electron chi connectivity index (χ2n) is 6.38. The summed E-state index contributed by atoms with van der Waals surface area (Å²) in [5.41, 5.74) is 12.5. The minimum absolute atomic E-state index is 0.328. The number of hydrazone groups is 1. The fourth-order valence-corrected chi connectivity index (χ4v) is 2.89. The van der Waals surface area contributed by atoms with Crippen LogP contribution < -0.4 is 16.1 Å². The predicted octanol–water partition coefficient (Wildman–Crippen LogP) is 4.06. The topological polar surface area (TPSA) is 70.7 Å². The summed E-state index contributed by atoms with van der Waals surface area (Å²) in [5.74, 6) is -0.328. The maximum absolute atomic E-state index is 12.1. The van der Waals surface area contributed by atoms with E-state index in [2.05, 4.69) is 58.7 Å². The Morgan fingerprint density at radius 2 is 1.68 bits per heavy atom. The summed E-state index contributed by atoms with van der Waals surface area (Å²) in [6.07, 6.45) is 1.62. The van der Waals surface area contributed by atoms with Crippen molar-refractivity contribution < 1.29 is 4.79 Å². The van der Waals surface area contributed by atoms with Crippen molar-refractivity contribution in [3.8, 4) is 0 Å². The van der Waals surface area contributed by atoms with E-state index in [1.807, 2.05) is 18.2 Å². The average molecular weight is 372 g/mol. The summed E-state index contributed by atoms with van der Waals surface area (Å²) < 4.78 is 0. The van der Waals surface area contributed by atoms with E-state index in [1.165, 1.54) is 5.56 Å². The van der Waals surface area contributed by atoms with Gasteiger partial charge in [0.2, 0.25) is 0 Å². The Bertz CT molecular complexity index is 936. The third-order valence-corrected chi connectivity index (χ3v) is 4.44. The van der Waals surface area contributed by atoms with Crippen molar-refractivity contribution in [3.05, 3.63) is 95.6 Å². The lowest BCUT2D eigenvalue weighted by Gasteiger charge is -2.23. The van der Waals surface area contributed by atoms with Crippen molar-refractivity contribution >= 4 is 23.5 Å². The van der Waals surface area contributed by atoms with Crippen molar-refractivity contribution in [2.24, 2.45) is 5.10 Å². The van der Waals surface area contributed by atoms with Gasteiger partial charge in [-0.15, -0.1) is 0 Å². The summed E-state index contributed by atoms with van der Waals surface area (Å²) in [4.78, 5) is 14.4. The van der Waals surface area contributed by atoms with Crippen LogP contribution in [0.25, 0.3) is 0 Å². The highest BCUT2D eigenvalue weighted by atomic mass is 16.2. The van der Waals surface area contributed by atoms with Gasteiger partial charge < -0.3 is 10.6 Å². The molecule has 0 aromatic heterocycles. The van der Waals surface area contributed by atoms with Gasteiger partial charge in [0, 0.05) is 24.5 Å². The molecular formula is C23H24N4O. The van der Waals surface area contributed by atoms with Crippen LogP contribution in [0.1, 0.15) is 28.4 Å². The molecule has 0 aliphatic heterocycles. The number of amides is 1. The van der Waals surface area contributed by atoms with E-state index in [4.69, 9.17) is 5.73 Å². The molecule has 0 unspecified atom stereocenters. The number of anilines is 2. The third kappa shape index (κ3) is 4.98. The summed E-state index contributed by atoms with van der Waals surface area (Å²) in [7, 11) is 0. The lowest BCUT2D eigenvalue weighted by Crippen LogP contribution is -2.21. The molecule has 0 saturated carbocycles. The van der Waals surface area contributed by atoms with Gasteiger partial charge in [-0.3, -0.25) is 4.79 Å². The van der Waals surface area contributed by atoms with Gasteiger partial charge >= 0.3 is 0 Å². The largest absolute Gasteiger partial charge is 0.398 e.